The predicted molar refractivity (Wildman–Crippen MR) is 128 cm³/mol. The van der Waals surface area contributed by atoms with E-state index in [1.54, 1.807) is 0 Å². The molecule has 5 rings (SSSR count). The van der Waals surface area contributed by atoms with Gasteiger partial charge in [-0.15, -0.1) is 0 Å². The number of rotatable bonds is 6. The summed E-state index contributed by atoms with van der Waals surface area (Å²) in [5.74, 6) is 0.00959. The average Bonchev–Trinajstić information content (AvgIpc) is 2.83. The van der Waals surface area contributed by atoms with Crippen LogP contribution in [0.1, 0.15) is 61.8 Å². The van der Waals surface area contributed by atoms with Crippen molar-refractivity contribution >= 4 is 22.8 Å². The molecule has 2 aromatic heterocycles. The standard InChI is InChI=1S/C26H30N4O3/c1-3-7-18(25(31)32)21-16(2)28-26(30-13-5-4-6-14-30)29-24(21)19-8-9-20-22-17(11-15-33-20)10-12-27-23(19)22/h8-10,12,18H,3-7,11,13-15H2,1-2H3,(H,31,32). The summed E-state index contributed by atoms with van der Waals surface area (Å²) in [5, 5.41) is 11.1. The van der Waals surface area contributed by atoms with E-state index in [1.807, 2.05) is 38.2 Å². The number of carboxylic acids is 1. The Morgan fingerprint density at radius 2 is 2.00 bits per heavy atom. The minimum Gasteiger partial charge on any atom is -0.493 e. The number of carboxylic acid groups (broad SMARTS) is 1. The molecule has 7 heteroatoms. The van der Waals surface area contributed by atoms with Crippen LogP contribution in [0.3, 0.4) is 0 Å². The highest BCUT2D eigenvalue weighted by molar-refractivity contribution is 6.00. The number of anilines is 1. The van der Waals surface area contributed by atoms with E-state index in [9.17, 15) is 9.90 Å². The molecule has 1 fully saturated rings. The number of aliphatic carboxylic acids is 1. The fourth-order valence-electron chi connectivity index (χ4n) is 5.20. The highest BCUT2D eigenvalue weighted by atomic mass is 16.5. The van der Waals surface area contributed by atoms with E-state index in [0.717, 1.165) is 66.7 Å². The van der Waals surface area contributed by atoms with Gasteiger partial charge in [0.2, 0.25) is 5.95 Å². The van der Waals surface area contributed by atoms with Crippen molar-refractivity contribution in [2.24, 2.45) is 0 Å². The molecular formula is C26H30N4O3. The van der Waals surface area contributed by atoms with Crippen molar-refractivity contribution in [3.05, 3.63) is 41.2 Å². The molecule has 0 aliphatic carbocycles. The Hall–Kier alpha value is -3.22. The van der Waals surface area contributed by atoms with Gasteiger partial charge in [-0.2, -0.15) is 0 Å². The number of benzene rings is 1. The van der Waals surface area contributed by atoms with E-state index in [1.165, 1.54) is 12.0 Å². The third kappa shape index (κ3) is 3.90. The molecule has 0 spiro atoms. The van der Waals surface area contributed by atoms with Gasteiger partial charge in [-0.05, 0) is 56.4 Å². The lowest BCUT2D eigenvalue weighted by Gasteiger charge is -2.29. The molecule has 0 radical (unpaired) electrons. The summed E-state index contributed by atoms with van der Waals surface area (Å²) >= 11 is 0. The fraction of sp³-hybridized carbons (Fsp3) is 0.462. The summed E-state index contributed by atoms with van der Waals surface area (Å²) in [5.41, 5.74) is 4.99. The zero-order chi connectivity index (χ0) is 22.9. The van der Waals surface area contributed by atoms with Crippen LogP contribution in [-0.2, 0) is 11.2 Å². The number of nitrogens with zero attached hydrogens (tertiary/aromatic N) is 4. The second-order valence-corrected chi connectivity index (χ2v) is 9.00. The van der Waals surface area contributed by atoms with Gasteiger partial charge in [-0.3, -0.25) is 9.78 Å². The van der Waals surface area contributed by atoms with E-state index in [2.05, 4.69) is 4.90 Å². The summed E-state index contributed by atoms with van der Waals surface area (Å²) in [6.45, 7) is 6.42. The summed E-state index contributed by atoms with van der Waals surface area (Å²) in [4.78, 5) is 29.1. The maximum absolute atomic E-state index is 12.3. The van der Waals surface area contributed by atoms with Crippen molar-refractivity contribution in [1.82, 2.24) is 15.0 Å². The Balaban J connectivity index is 1.77. The van der Waals surface area contributed by atoms with Gasteiger partial charge in [0.25, 0.3) is 0 Å². The Kier molecular flexibility index (Phi) is 5.87. The number of ether oxygens (including phenoxy) is 1. The van der Waals surface area contributed by atoms with Crippen molar-refractivity contribution < 1.29 is 14.6 Å². The van der Waals surface area contributed by atoms with Gasteiger partial charge in [0.05, 0.1) is 23.7 Å². The Morgan fingerprint density at radius 1 is 1.18 bits per heavy atom. The molecule has 1 saturated heterocycles. The normalized spacial score (nSPS) is 16.5. The molecule has 1 aromatic carbocycles. The Bertz CT molecular complexity index is 1190. The number of pyridine rings is 1. The van der Waals surface area contributed by atoms with Gasteiger partial charge < -0.3 is 14.7 Å². The van der Waals surface area contributed by atoms with Crippen LogP contribution in [0.5, 0.6) is 5.75 Å². The quantitative estimate of drug-likeness (QED) is 0.576. The first-order chi connectivity index (χ1) is 16.1. The predicted octanol–water partition coefficient (Wildman–Crippen LogP) is 4.89. The van der Waals surface area contributed by atoms with Crippen LogP contribution < -0.4 is 9.64 Å². The van der Waals surface area contributed by atoms with Crippen LogP contribution in [0, 0.1) is 6.92 Å². The first-order valence-corrected chi connectivity index (χ1v) is 12.0. The number of piperidine rings is 1. The van der Waals surface area contributed by atoms with Crippen LogP contribution in [0.15, 0.2) is 24.4 Å². The van der Waals surface area contributed by atoms with E-state index >= 15 is 0 Å². The minimum atomic E-state index is -0.838. The zero-order valence-corrected chi connectivity index (χ0v) is 19.3. The molecular weight excluding hydrogens is 416 g/mol. The molecule has 0 bridgehead atoms. The van der Waals surface area contributed by atoms with E-state index < -0.39 is 11.9 Å². The highest BCUT2D eigenvalue weighted by Gasteiger charge is 2.30. The van der Waals surface area contributed by atoms with Crippen molar-refractivity contribution in [3.63, 3.8) is 0 Å². The second kappa shape index (κ2) is 8.96. The van der Waals surface area contributed by atoms with Gasteiger partial charge in [0.1, 0.15) is 5.75 Å². The molecule has 7 nitrogen and oxygen atoms in total. The van der Waals surface area contributed by atoms with Gasteiger partial charge in [-0.1, -0.05) is 13.3 Å². The van der Waals surface area contributed by atoms with Crippen LogP contribution in [0.4, 0.5) is 5.95 Å². The van der Waals surface area contributed by atoms with Crippen LogP contribution in [0.2, 0.25) is 0 Å². The van der Waals surface area contributed by atoms with E-state index in [-0.39, 0.29) is 0 Å². The zero-order valence-electron chi connectivity index (χ0n) is 19.3. The Labute approximate surface area is 193 Å². The molecule has 1 atom stereocenters. The van der Waals surface area contributed by atoms with Crippen molar-refractivity contribution in [2.75, 3.05) is 24.6 Å². The fourth-order valence-corrected chi connectivity index (χ4v) is 5.20. The third-order valence-electron chi connectivity index (χ3n) is 6.81. The number of aryl methyl sites for hydroxylation is 1. The first kappa shape index (κ1) is 21.6. The molecule has 0 amide bonds. The molecule has 2 aliphatic heterocycles. The summed E-state index contributed by atoms with van der Waals surface area (Å²) in [6.07, 6.45) is 7.41. The van der Waals surface area contributed by atoms with E-state index in [0.29, 0.717) is 30.2 Å². The molecule has 1 unspecified atom stereocenters. The molecule has 0 saturated carbocycles. The van der Waals surface area contributed by atoms with Gasteiger partial charge in [-0.25, -0.2) is 9.97 Å². The Morgan fingerprint density at radius 3 is 2.76 bits per heavy atom. The number of aromatic nitrogens is 3. The molecule has 4 heterocycles. The topological polar surface area (TPSA) is 88.4 Å². The van der Waals surface area contributed by atoms with Crippen LogP contribution in [0.25, 0.3) is 22.2 Å². The summed E-state index contributed by atoms with van der Waals surface area (Å²) < 4.78 is 5.91. The minimum absolute atomic E-state index is 0.535. The molecule has 1 N–H and O–H groups in total. The molecule has 33 heavy (non-hydrogen) atoms. The molecule has 2 aliphatic rings. The van der Waals surface area contributed by atoms with Gasteiger partial charge >= 0.3 is 5.97 Å². The molecule has 3 aromatic rings. The lowest BCUT2D eigenvalue weighted by molar-refractivity contribution is -0.139. The van der Waals surface area contributed by atoms with Crippen molar-refractivity contribution in [1.29, 1.82) is 0 Å². The summed E-state index contributed by atoms with van der Waals surface area (Å²) in [6, 6.07) is 6.00. The van der Waals surface area contributed by atoms with Crippen LogP contribution in [-0.4, -0.2) is 45.7 Å². The number of hydrogen-bond donors (Lipinski definition) is 1. The van der Waals surface area contributed by atoms with Crippen molar-refractivity contribution in [3.8, 4) is 17.0 Å². The average molecular weight is 447 g/mol. The highest BCUT2D eigenvalue weighted by Crippen LogP contribution is 2.41. The lowest BCUT2D eigenvalue weighted by atomic mass is 9.88. The third-order valence-corrected chi connectivity index (χ3v) is 6.81. The van der Waals surface area contributed by atoms with Crippen LogP contribution >= 0.6 is 0 Å². The molecule has 172 valence electrons. The van der Waals surface area contributed by atoms with E-state index in [4.69, 9.17) is 19.7 Å². The number of carbonyl (C=O) groups is 1. The maximum atomic E-state index is 12.3. The van der Waals surface area contributed by atoms with Gasteiger partial charge in [0, 0.05) is 47.9 Å². The maximum Gasteiger partial charge on any atom is 0.311 e. The van der Waals surface area contributed by atoms with Gasteiger partial charge in [0.15, 0.2) is 0 Å². The lowest BCUT2D eigenvalue weighted by Crippen LogP contribution is -2.31. The SMILES string of the molecule is CCCC(C(=O)O)c1c(C)nc(N2CCCCC2)nc1-c1ccc2c3c(ccnc13)CCO2. The van der Waals surface area contributed by atoms with Crippen molar-refractivity contribution in [2.45, 2.75) is 58.3 Å². The first-order valence-electron chi connectivity index (χ1n) is 12.0. The smallest absolute Gasteiger partial charge is 0.311 e. The number of hydrogen-bond acceptors (Lipinski definition) is 6. The largest absolute Gasteiger partial charge is 0.493 e. The monoisotopic (exact) mass is 446 g/mol. The second-order valence-electron chi connectivity index (χ2n) is 9.00. The summed E-state index contributed by atoms with van der Waals surface area (Å²) in [7, 11) is 0.